The maximum absolute atomic E-state index is 12.3. The quantitative estimate of drug-likeness (QED) is 0.139. The van der Waals surface area contributed by atoms with Gasteiger partial charge in [0.15, 0.2) is 0 Å². The minimum absolute atomic E-state index is 0.166. The van der Waals surface area contributed by atoms with E-state index in [9.17, 15) is 24.5 Å². The molecule has 2 amide bonds. The van der Waals surface area contributed by atoms with E-state index < -0.39 is 22.7 Å². The molecule has 0 radical (unpaired) electrons. The average Bonchev–Trinajstić information content (AvgIpc) is 2.84. The second-order valence-corrected chi connectivity index (χ2v) is 7.58. The molecule has 0 bridgehead atoms. The number of hydrazone groups is 1. The van der Waals surface area contributed by atoms with Crippen molar-refractivity contribution in [3.8, 4) is 5.75 Å². The van der Waals surface area contributed by atoms with E-state index in [1.54, 1.807) is 31.2 Å². The molecule has 0 aliphatic carbocycles. The Morgan fingerprint density at radius 1 is 0.914 bits per heavy atom. The van der Waals surface area contributed by atoms with Gasteiger partial charge < -0.3 is 10.1 Å². The Hall–Kier alpha value is -4.86. The molecule has 0 saturated heterocycles. The minimum atomic E-state index is -0.933. The molecule has 0 aliphatic rings. The number of nitro groups is 1. The monoisotopic (exact) mass is 474 g/mol. The van der Waals surface area contributed by atoms with E-state index in [1.807, 2.05) is 19.9 Å². The number of nitrogens with one attached hydrogen (secondary N) is 2. The normalized spacial score (nSPS) is 10.9. The van der Waals surface area contributed by atoms with Crippen molar-refractivity contribution < 1.29 is 24.0 Å². The van der Waals surface area contributed by atoms with Crippen molar-refractivity contribution in [2.24, 2.45) is 5.10 Å². The first-order valence-corrected chi connectivity index (χ1v) is 10.4. The van der Waals surface area contributed by atoms with Crippen molar-refractivity contribution in [3.63, 3.8) is 0 Å². The maximum Gasteiger partial charge on any atom is 0.350 e. The van der Waals surface area contributed by atoms with Gasteiger partial charge in [0.05, 0.1) is 10.6 Å². The molecule has 0 unspecified atom stereocenters. The molecule has 0 spiro atoms. The summed E-state index contributed by atoms with van der Waals surface area (Å²) < 4.78 is 5.22. The molecule has 10 nitrogen and oxygen atoms in total. The van der Waals surface area contributed by atoms with E-state index in [4.69, 9.17) is 4.74 Å². The lowest BCUT2D eigenvalue weighted by Gasteiger charge is -2.08. The third-order valence-electron chi connectivity index (χ3n) is 5.10. The summed E-state index contributed by atoms with van der Waals surface area (Å²) in [6.07, 6.45) is 0. The second-order valence-electron chi connectivity index (χ2n) is 7.58. The lowest BCUT2D eigenvalue weighted by molar-refractivity contribution is -0.385. The molecule has 0 atom stereocenters. The highest BCUT2D eigenvalue weighted by Gasteiger charge is 2.21. The molecule has 0 aromatic heterocycles. The van der Waals surface area contributed by atoms with Crippen LogP contribution in [0, 0.1) is 24.0 Å². The predicted molar refractivity (Wildman–Crippen MR) is 129 cm³/mol. The molecule has 0 heterocycles. The smallest absolute Gasteiger partial charge is 0.350 e. The number of ether oxygens (including phenoxy) is 1. The van der Waals surface area contributed by atoms with Crippen LogP contribution in [0.1, 0.15) is 34.0 Å². The zero-order valence-electron chi connectivity index (χ0n) is 19.2. The molecule has 3 rings (SSSR count). The van der Waals surface area contributed by atoms with E-state index in [2.05, 4.69) is 15.8 Å². The molecule has 0 saturated carbocycles. The number of benzene rings is 3. The van der Waals surface area contributed by atoms with E-state index in [0.29, 0.717) is 17.0 Å². The number of esters is 1. The zero-order valence-corrected chi connectivity index (χ0v) is 19.2. The number of para-hydroxylation sites is 1. The number of hydrogen-bond donors (Lipinski definition) is 2. The van der Waals surface area contributed by atoms with Gasteiger partial charge in [-0.15, -0.1) is 0 Å². The van der Waals surface area contributed by atoms with Gasteiger partial charge in [-0.3, -0.25) is 19.7 Å². The highest BCUT2D eigenvalue weighted by molar-refractivity contribution is 6.39. The first kappa shape index (κ1) is 24.8. The van der Waals surface area contributed by atoms with Gasteiger partial charge in [-0.1, -0.05) is 18.2 Å². The first-order valence-electron chi connectivity index (χ1n) is 10.4. The topological polar surface area (TPSA) is 140 Å². The molecule has 10 heteroatoms. The standard InChI is InChI=1S/C25H22N4O6/c1-15-8-11-19(14-16(15)2)26-23(30)24(31)28-27-17(3)18-9-12-20(13-10-18)35-25(32)21-6-4-5-7-22(21)29(33)34/h4-14H,1-3H3,(H,26,30)(H,28,31). The number of amides is 2. The SMILES string of the molecule is CC(=NNC(=O)C(=O)Nc1ccc(C)c(C)c1)c1ccc(OC(=O)c2ccccc2[N+](=O)[O-])cc1. The van der Waals surface area contributed by atoms with Crippen molar-refractivity contribution >= 4 is 34.9 Å². The van der Waals surface area contributed by atoms with Crippen LogP contribution in [0.3, 0.4) is 0 Å². The summed E-state index contributed by atoms with van der Waals surface area (Å²) in [5, 5.41) is 17.5. The summed E-state index contributed by atoms with van der Waals surface area (Å²) in [5.74, 6) is -2.49. The van der Waals surface area contributed by atoms with Gasteiger partial charge in [0.25, 0.3) is 5.69 Å². The van der Waals surface area contributed by atoms with Crippen molar-refractivity contribution in [3.05, 3.63) is 99.1 Å². The van der Waals surface area contributed by atoms with Crippen LogP contribution in [0.2, 0.25) is 0 Å². The number of nitro benzene ring substituents is 1. The number of anilines is 1. The highest BCUT2D eigenvalue weighted by atomic mass is 16.6. The average molecular weight is 474 g/mol. The van der Waals surface area contributed by atoms with Crippen LogP contribution in [0.4, 0.5) is 11.4 Å². The van der Waals surface area contributed by atoms with Gasteiger partial charge in [-0.2, -0.15) is 5.10 Å². The van der Waals surface area contributed by atoms with Gasteiger partial charge >= 0.3 is 17.8 Å². The molecule has 0 fully saturated rings. The Labute approximate surface area is 200 Å². The van der Waals surface area contributed by atoms with Crippen LogP contribution in [-0.4, -0.2) is 28.4 Å². The van der Waals surface area contributed by atoms with E-state index in [1.165, 1.54) is 36.4 Å². The Kier molecular flexibility index (Phi) is 7.67. The van der Waals surface area contributed by atoms with Crippen molar-refractivity contribution in [2.45, 2.75) is 20.8 Å². The lowest BCUT2D eigenvalue weighted by atomic mass is 10.1. The van der Waals surface area contributed by atoms with Crippen LogP contribution in [0.25, 0.3) is 0 Å². The Morgan fingerprint density at radius 3 is 2.26 bits per heavy atom. The summed E-state index contributed by atoms with van der Waals surface area (Å²) in [6, 6.07) is 16.9. The van der Waals surface area contributed by atoms with Crippen LogP contribution in [0.15, 0.2) is 71.8 Å². The predicted octanol–water partition coefficient (Wildman–Crippen LogP) is 3.91. The van der Waals surface area contributed by atoms with Gasteiger partial charge in [0, 0.05) is 11.8 Å². The number of carbonyl (C=O) groups excluding carboxylic acids is 3. The molecule has 2 N–H and O–H groups in total. The summed E-state index contributed by atoms with van der Waals surface area (Å²) in [5.41, 5.74) is 5.21. The van der Waals surface area contributed by atoms with E-state index in [0.717, 1.165) is 11.1 Å². The maximum atomic E-state index is 12.3. The van der Waals surface area contributed by atoms with Crippen molar-refractivity contribution in [2.75, 3.05) is 5.32 Å². The summed E-state index contributed by atoms with van der Waals surface area (Å²) >= 11 is 0. The number of hydrogen-bond acceptors (Lipinski definition) is 7. The Bertz CT molecular complexity index is 1330. The second kappa shape index (κ2) is 10.8. The number of nitrogens with zero attached hydrogens (tertiary/aromatic N) is 2. The molecule has 3 aromatic rings. The van der Waals surface area contributed by atoms with Gasteiger partial charge in [0.2, 0.25) is 0 Å². The molecule has 35 heavy (non-hydrogen) atoms. The molecule has 3 aromatic carbocycles. The Morgan fingerprint density at radius 2 is 1.60 bits per heavy atom. The first-order chi connectivity index (χ1) is 16.7. The van der Waals surface area contributed by atoms with E-state index >= 15 is 0 Å². The third kappa shape index (κ3) is 6.35. The highest BCUT2D eigenvalue weighted by Crippen LogP contribution is 2.21. The fourth-order valence-electron chi connectivity index (χ4n) is 2.99. The fraction of sp³-hybridized carbons (Fsp3) is 0.120. The minimum Gasteiger partial charge on any atom is -0.423 e. The molecular formula is C25H22N4O6. The van der Waals surface area contributed by atoms with Gasteiger partial charge in [0.1, 0.15) is 11.3 Å². The van der Waals surface area contributed by atoms with Crippen molar-refractivity contribution in [1.29, 1.82) is 0 Å². The van der Waals surface area contributed by atoms with Crippen LogP contribution >= 0.6 is 0 Å². The number of aryl methyl sites for hydroxylation is 2. The summed E-state index contributed by atoms with van der Waals surface area (Å²) in [4.78, 5) is 47.0. The number of carbonyl (C=O) groups is 3. The fourth-order valence-corrected chi connectivity index (χ4v) is 2.99. The van der Waals surface area contributed by atoms with Crippen LogP contribution in [0.5, 0.6) is 5.75 Å². The van der Waals surface area contributed by atoms with Gasteiger partial charge in [-0.05, 0) is 79.9 Å². The van der Waals surface area contributed by atoms with Crippen LogP contribution in [-0.2, 0) is 9.59 Å². The molecular weight excluding hydrogens is 452 g/mol. The van der Waals surface area contributed by atoms with Gasteiger partial charge in [-0.25, -0.2) is 10.2 Å². The lowest BCUT2D eigenvalue weighted by Crippen LogP contribution is -2.33. The van der Waals surface area contributed by atoms with Crippen LogP contribution < -0.4 is 15.5 Å². The largest absolute Gasteiger partial charge is 0.423 e. The summed E-state index contributed by atoms with van der Waals surface area (Å²) in [6.45, 7) is 5.46. The summed E-state index contributed by atoms with van der Waals surface area (Å²) in [7, 11) is 0. The Balaban J connectivity index is 1.60. The molecule has 178 valence electrons. The number of rotatable bonds is 6. The zero-order chi connectivity index (χ0) is 25.5. The third-order valence-corrected chi connectivity index (χ3v) is 5.10. The molecule has 0 aliphatic heterocycles. The van der Waals surface area contributed by atoms with Crippen molar-refractivity contribution in [1.82, 2.24) is 5.43 Å². The van der Waals surface area contributed by atoms with E-state index in [-0.39, 0.29) is 17.0 Å².